The molecule has 20 heavy (non-hydrogen) atoms. The van der Waals surface area contributed by atoms with Gasteiger partial charge < -0.3 is 16.0 Å². The number of aromatic amines is 1. The molecule has 1 aliphatic rings. The molecular formula is C12H17N7O. The summed E-state index contributed by atoms with van der Waals surface area (Å²) in [6.45, 7) is 3.19. The molecule has 0 aromatic carbocycles. The predicted octanol–water partition coefficient (Wildman–Crippen LogP) is 0.0963. The van der Waals surface area contributed by atoms with Crippen LogP contribution in [0.25, 0.3) is 11.0 Å². The summed E-state index contributed by atoms with van der Waals surface area (Å²) in [4.78, 5) is 22.4. The van der Waals surface area contributed by atoms with E-state index in [4.69, 9.17) is 5.73 Å². The van der Waals surface area contributed by atoms with E-state index in [0.29, 0.717) is 18.1 Å². The van der Waals surface area contributed by atoms with Gasteiger partial charge in [0.2, 0.25) is 11.9 Å². The molecule has 1 aliphatic heterocycles. The maximum Gasteiger partial charge on any atom is 0.226 e. The molecule has 8 heteroatoms. The van der Waals surface area contributed by atoms with Crippen molar-refractivity contribution in [2.75, 3.05) is 30.4 Å². The third kappa shape index (κ3) is 1.84. The van der Waals surface area contributed by atoms with Crippen LogP contribution in [-0.4, -0.2) is 46.2 Å². The zero-order chi connectivity index (χ0) is 14.3. The second kappa shape index (κ2) is 4.32. The molecule has 1 saturated heterocycles. The molecule has 1 atom stereocenters. The van der Waals surface area contributed by atoms with Crippen molar-refractivity contribution in [3.8, 4) is 0 Å². The number of aromatic nitrogens is 4. The van der Waals surface area contributed by atoms with E-state index in [2.05, 4.69) is 30.4 Å². The van der Waals surface area contributed by atoms with Crippen molar-refractivity contribution >= 4 is 28.7 Å². The van der Waals surface area contributed by atoms with Gasteiger partial charge in [-0.15, -0.1) is 0 Å². The number of carbonyl (C=O) groups excluding carboxylic acids is 1. The second-order valence-corrected chi connectivity index (χ2v) is 5.35. The Morgan fingerprint density at radius 3 is 3.00 bits per heavy atom. The molecule has 3 rings (SSSR count). The topological polar surface area (TPSA) is 113 Å². The SMILES string of the molecule is CNc1nc(N2CCC(C)(C(N)=O)C2)c2cn[nH]c2n1. The molecule has 1 amide bonds. The van der Waals surface area contributed by atoms with E-state index in [1.54, 1.807) is 13.2 Å². The zero-order valence-corrected chi connectivity index (χ0v) is 11.5. The van der Waals surface area contributed by atoms with Crippen molar-refractivity contribution < 1.29 is 4.79 Å². The average Bonchev–Trinajstić information content (AvgIpc) is 3.04. The lowest BCUT2D eigenvalue weighted by atomic mass is 9.89. The first-order chi connectivity index (χ1) is 9.53. The summed E-state index contributed by atoms with van der Waals surface area (Å²) in [7, 11) is 1.76. The van der Waals surface area contributed by atoms with E-state index in [9.17, 15) is 4.79 Å². The van der Waals surface area contributed by atoms with Crippen molar-refractivity contribution in [2.24, 2.45) is 11.1 Å². The molecule has 1 fully saturated rings. The minimum atomic E-state index is -0.513. The largest absolute Gasteiger partial charge is 0.369 e. The number of primary amides is 1. The fraction of sp³-hybridized carbons (Fsp3) is 0.500. The normalized spacial score (nSPS) is 22.4. The Bertz CT molecular complexity index is 667. The molecule has 0 spiro atoms. The smallest absolute Gasteiger partial charge is 0.226 e. The predicted molar refractivity (Wildman–Crippen MR) is 75.4 cm³/mol. The summed E-state index contributed by atoms with van der Waals surface area (Å²) in [6.07, 6.45) is 2.42. The standard InChI is InChI=1S/C12H17N7O/c1-12(10(13)20)3-4-19(6-12)9-7-5-15-18-8(7)16-11(14-2)17-9/h5H,3-4,6H2,1-2H3,(H2,13,20)(H2,14,15,16,17,18). The first kappa shape index (κ1) is 12.6. The number of anilines is 2. The average molecular weight is 275 g/mol. The molecule has 2 aromatic rings. The van der Waals surface area contributed by atoms with Gasteiger partial charge >= 0.3 is 0 Å². The maximum absolute atomic E-state index is 11.6. The van der Waals surface area contributed by atoms with Crippen LogP contribution < -0.4 is 16.0 Å². The van der Waals surface area contributed by atoms with Gasteiger partial charge in [-0.05, 0) is 13.3 Å². The molecule has 0 bridgehead atoms. The van der Waals surface area contributed by atoms with Crippen LogP contribution in [0.2, 0.25) is 0 Å². The molecule has 0 radical (unpaired) electrons. The van der Waals surface area contributed by atoms with Gasteiger partial charge in [-0.1, -0.05) is 0 Å². The Balaban J connectivity index is 2.02. The second-order valence-electron chi connectivity index (χ2n) is 5.35. The lowest BCUT2D eigenvalue weighted by Gasteiger charge is -2.22. The number of hydrogen-bond acceptors (Lipinski definition) is 6. The van der Waals surface area contributed by atoms with Gasteiger partial charge in [0.05, 0.1) is 17.0 Å². The number of amides is 1. The quantitative estimate of drug-likeness (QED) is 0.732. The Morgan fingerprint density at radius 2 is 2.35 bits per heavy atom. The van der Waals surface area contributed by atoms with E-state index in [-0.39, 0.29) is 5.91 Å². The van der Waals surface area contributed by atoms with Crippen molar-refractivity contribution in [1.82, 2.24) is 20.2 Å². The maximum atomic E-state index is 11.6. The highest BCUT2D eigenvalue weighted by Gasteiger charge is 2.40. The number of rotatable bonds is 3. The zero-order valence-electron chi connectivity index (χ0n) is 11.5. The van der Waals surface area contributed by atoms with Gasteiger partial charge in [0.25, 0.3) is 0 Å². The molecule has 0 saturated carbocycles. The van der Waals surface area contributed by atoms with E-state index < -0.39 is 5.41 Å². The Kier molecular flexibility index (Phi) is 2.73. The fourth-order valence-corrected chi connectivity index (χ4v) is 2.52. The Morgan fingerprint density at radius 1 is 1.55 bits per heavy atom. The summed E-state index contributed by atoms with van der Waals surface area (Å²) in [5.41, 5.74) is 5.65. The molecule has 2 aromatic heterocycles. The third-order valence-corrected chi connectivity index (χ3v) is 3.88. The van der Waals surface area contributed by atoms with Crippen LogP contribution in [0.15, 0.2) is 6.20 Å². The van der Waals surface area contributed by atoms with E-state index >= 15 is 0 Å². The summed E-state index contributed by atoms with van der Waals surface area (Å²) >= 11 is 0. The van der Waals surface area contributed by atoms with Gasteiger partial charge in [-0.3, -0.25) is 9.89 Å². The van der Waals surface area contributed by atoms with Crippen molar-refractivity contribution in [3.05, 3.63) is 6.20 Å². The first-order valence-electron chi connectivity index (χ1n) is 6.47. The molecule has 1 unspecified atom stereocenters. The van der Waals surface area contributed by atoms with Gasteiger partial charge in [0.1, 0.15) is 5.82 Å². The van der Waals surface area contributed by atoms with E-state index in [1.165, 1.54) is 0 Å². The van der Waals surface area contributed by atoms with Crippen LogP contribution in [0.5, 0.6) is 0 Å². The summed E-state index contributed by atoms with van der Waals surface area (Å²) in [5, 5.41) is 10.6. The van der Waals surface area contributed by atoms with Crippen molar-refractivity contribution in [3.63, 3.8) is 0 Å². The van der Waals surface area contributed by atoms with Crippen LogP contribution >= 0.6 is 0 Å². The lowest BCUT2D eigenvalue weighted by molar-refractivity contribution is -0.125. The molecule has 3 heterocycles. The summed E-state index contributed by atoms with van der Waals surface area (Å²) in [6, 6.07) is 0. The third-order valence-electron chi connectivity index (χ3n) is 3.88. The monoisotopic (exact) mass is 275 g/mol. The number of fused-ring (bicyclic) bond motifs is 1. The number of nitrogens with one attached hydrogen (secondary N) is 2. The van der Waals surface area contributed by atoms with Gasteiger partial charge in [0, 0.05) is 20.1 Å². The van der Waals surface area contributed by atoms with Crippen LogP contribution in [0.3, 0.4) is 0 Å². The minimum absolute atomic E-state index is 0.272. The number of nitrogens with zero attached hydrogens (tertiary/aromatic N) is 4. The van der Waals surface area contributed by atoms with Crippen LogP contribution in [-0.2, 0) is 4.79 Å². The lowest BCUT2D eigenvalue weighted by Crippen LogP contribution is -2.37. The van der Waals surface area contributed by atoms with Crippen LogP contribution in [0.4, 0.5) is 11.8 Å². The Hall–Kier alpha value is -2.38. The van der Waals surface area contributed by atoms with Gasteiger partial charge in [-0.2, -0.15) is 15.1 Å². The highest BCUT2D eigenvalue weighted by Crippen LogP contribution is 2.34. The fourth-order valence-electron chi connectivity index (χ4n) is 2.52. The number of nitrogens with two attached hydrogens (primary N) is 1. The Labute approximate surface area is 115 Å². The number of hydrogen-bond donors (Lipinski definition) is 3. The first-order valence-corrected chi connectivity index (χ1v) is 6.47. The molecule has 4 N–H and O–H groups in total. The molecule has 0 aliphatic carbocycles. The van der Waals surface area contributed by atoms with Gasteiger partial charge in [-0.25, -0.2) is 0 Å². The number of H-pyrrole nitrogens is 1. The minimum Gasteiger partial charge on any atom is -0.369 e. The highest BCUT2D eigenvalue weighted by molar-refractivity contribution is 5.89. The molecule has 106 valence electrons. The number of carbonyl (C=O) groups is 1. The van der Waals surface area contributed by atoms with Crippen LogP contribution in [0.1, 0.15) is 13.3 Å². The van der Waals surface area contributed by atoms with E-state index in [0.717, 1.165) is 24.2 Å². The van der Waals surface area contributed by atoms with Crippen molar-refractivity contribution in [2.45, 2.75) is 13.3 Å². The highest BCUT2D eigenvalue weighted by atomic mass is 16.1. The van der Waals surface area contributed by atoms with Crippen LogP contribution in [0, 0.1) is 5.41 Å². The summed E-state index contributed by atoms with van der Waals surface area (Å²) < 4.78 is 0. The summed E-state index contributed by atoms with van der Waals surface area (Å²) in [5.74, 6) is 1.02. The molecule has 8 nitrogen and oxygen atoms in total. The van der Waals surface area contributed by atoms with Gasteiger partial charge in [0.15, 0.2) is 5.65 Å². The molecular weight excluding hydrogens is 258 g/mol. The van der Waals surface area contributed by atoms with E-state index in [1.807, 2.05) is 6.92 Å². The van der Waals surface area contributed by atoms with Crippen molar-refractivity contribution in [1.29, 1.82) is 0 Å².